The molecule has 0 radical (unpaired) electrons. The van der Waals surface area contributed by atoms with Crippen molar-refractivity contribution >= 4 is 35.2 Å². The Morgan fingerprint density at radius 1 is 1.22 bits per heavy atom. The molecule has 1 N–H and O–H groups in total. The summed E-state index contributed by atoms with van der Waals surface area (Å²) in [6.45, 7) is 1.58. The molecule has 1 amide bonds. The highest BCUT2D eigenvalue weighted by Crippen LogP contribution is 2.32. The fourth-order valence-electron chi connectivity index (χ4n) is 2.27. The fourth-order valence-corrected chi connectivity index (χ4v) is 2.49. The molecule has 0 aromatic heterocycles. The lowest BCUT2D eigenvalue weighted by Crippen LogP contribution is -2.29. The highest BCUT2D eigenvalue weighted by molar-refractivity contribution is 6.33. The van der Waals surface area contributed by atoms with Gasteiger partial charge >= 0.3 is 5.97 Å². The van der Waals surface area contributed by atoms with Crippen molar-refractivity contribution in [3.05, 3.63) is 58.9 Å². The molecular weight excluding hydrogens is 377 g/mol. The molecule has 0 saturated heterocycles. The zero-order valence-corrected chi connectivity index (χ0v) is 15.0. The van der Waals surface area contributed by atoms with Gasteiger partial charge in [0, 0.05) is 6.08 Å². The largest absolute Gasteiger partial charge is 0.454 e. The zero-order chi connectivity index (χ0) is 19.4. The number of hydrogen-bond donors (Lipinski definition) is 1. The molecule has 3 rings (SSSR count). The molecule has 8 heteroatoms. The van der Waals surface area contributed by atoms with Crippen molar-refractivity contribution < 1.29 is 28.2 Å². The van der Waals surface area contributed by atoms with E-state index in [1.54, 1.807) is 18.2 Å². The van der Waals surface area contributed by atoms with Crippen LogP contribution in [0.5, 0.6) is 11.5 Å². The Morgan fingerprint density at radius 2 is 2.00 bits per heavy atom. The van der Waals surface area contributed by atoms with Gasteiger partial charge < -0.3 is 19.5 Å². The van der Waals surface area contributed by atoms with Crippen LogP contribution in [0.25, 0.3) is 6.08 Å². The van der Waals surface area contributed by atoms with Gasteiger partial charge in [-0.05, 0) is 48.9 Å². The summed E-state index contributed by atoms with van der Waals surface area (Å²) in [5.74, 6) is -0.575. The first kappa shape index (κ1) is 18.7. The number of ether oxygens (including phenoxy) is 3. The van der Waals surface area contributed by atoms with E-state index in [-0.39, 0.29) is 17.5 Å². The highest BCUT2D eigenvalue weighted by Gasteiger charge is 2.18. The number of esters is 1. The Labute approximate surface area is 159 Å². The van der Waals surface area contributed by atoms with E-state index in [9.17, 15) is 14.0 Å². The average molecular weight is 392 g/mol. The molecule has 1 aliphatic heterocycles. The van der Waals surface area contributed by atoms with Gasteiger partial charge in [-0.15, -0.1) is 0 Å². The maximum Gasteiger partial charge on any atom is 0.331 e. The van der Waals surface area contributed by atoms with E-state index in [1.807, 2.05) is 0 Å². The van der Waals surface area contributed by atoms with E-state index >= 15 is 0 Å². The van der Waals surface area contributed by atoms with Crippen LogP contribution >= 0.6 is 11.6 Å². The number of fused-ring (bicyclic) bond motifs is 1. The first-order valence-electron chi connectivity index (χ1n) is 7.96. The van der Waals surface area contributed by atoms with Gasteiger partial charge in [0.15, 0.2) is 17.6 Å². The third kappa shape index (κ3) is 4.77. The summed E-state index contributed by atoms with van der Waals surface area (Å²) in [7, 11) is 0. The number of hydrogen-bond acceptors (Lipinski definition) is 5. The van der Waals surface area contributed by atoms with Gasteiger partial charge in [0.2, 0.25) is 6.79 Å². The van der Waals surface area contributed by atoms with Crippen molar-refractivity contribution in [3.63, 3.8) is 0 Å². The molecule has 27 heavy (non-hydrogen) atoms. The van der Waals surface area contributed by atoms with Gasteiger partial charge in [0.05, 0.1) is 10.7 Å². The summed E-state index contributed by atoms with van der Waals surface area (Å²) >= 11 is 5.85. The van der Waals surface area contributed by atoms with Crippen LogP contribution in [0.2, 0.25) is 5.02 Å². The summed E-state index contributed by atoms with van der Waals surface area (Å²) in [5, 5.41) is 2.52. The highest BCUT2D eigenvalue weighted by atomic mass is 35.5. The second-order valence-corrected chi connectivity index (χ2v) is 6.05. The van der Waals surface area contributed by atoms with Crippen LogP contribution in [0.15, 0.2) is 42.5 Å². The molecule has 2 aromatic carbocycles. The van der Waals surface area contributed by atoms with E-state index in [4.69, 9.17) is 25.8 Å². The number of anilines is 1. The van der Waals surface area contributed by atoms with Crippen LogP contribution < -0.4 is 14.8 Å². The molecular formula is C19H15ClFNO5. The van der Waals surface area contributed by atoms with Crippen LogP contribution in [0.4, 0.5) is 10.1 Å². The number of benzene rings is 2. The fraction of sp³-hybridized carbons (Fsp3) is 0.158. The smallest absolute Gasteiger partial charge is 0.331 e. The van der Waals surface area contributed by atoms with Crippen LogP contribution in [0, 0.1) is 5.82 Å². The first-order chi connectivity index (χ1) is 12.9. The van der Waals surface area contributed by atoms with Crippen molar-refractivity contribution in [2.75, 3.05) is 12.1 Å². The Kier molecular flexibility index (Phi) is 5.61. The third-order valence-electron chi connectivity index (χ3n) is 3.66. The Balaban J connectivity index is 1.55. The summed E-state index contributed by atoms with van der Waals surface area (Å²) in [5.41, 5.74) is 0.938. The SMILES string of the molecule is C[C@H](OC(=O)/C=C/c1ccc2c(c1)OCO2)C(=O)Nc1ccc(F)cc1Cl. The van der Waals surface area contributed by atoms with E-state index in [0.29, 0.717) is 17.1 Å². The molecule has 1 heterocycles. The summed E-state index contributed by atoms with van der Waals surface area (Å²) in [6.07, 6.45) is 1.66. The maximum atomic E-state index is 13.0. The van der Waals surface area contributed by atoms with Gasteiger partial charge in [-0.2, -0.15) is 0 Å². The second-order valence-electron chi connectivity index (χ2n) is 5.64. The van der Waals surface area contributed by atoms with Crippen LogP contribution in [0.3, 0.4) is 0 Å². The lowest BCUT2D eigenvalue weighted by atomic mass is 10.2. The van der Waals surface area contributed by atoms with Crippen LogP contribution in [-0.4, -0.2) is 24.8 Å². The Bertz CT molecular complexity index is 915. The molecule has 0 saturated carbocycles. The number of rotatable bonds is 5. The number of carbonyl (C=O) groups is 2. The van der Waals surface area contributed by atoms with Gasteiger partial charge in [-0.1, -0.05) is 17.7 Å². The molecule has 1 aliphatic rings. The summed E-state index contributed by atoms with van der Waals surface area (Å²) < 4.78 is 28.5. The number of amides is 1. The minimum absolute atomic E-state index is 0.0459. The van der Waals surface area contributed by atoms with Crippen LogP contribution in [-0.2, 0) is 14.3 Å². The van der Waals surface area contributed by atoms with Crippen molar-refractivity contribution in [2.24, 2.45) is 0 Å². The molecule has 0 bridgehead atoms. The molecule has 2 aromatic rings. The van der Waals surface area contributed by atoms with Crippen molar-refractivity contribution in [2.45, 2.75) is 13.0 Å². The maximum absolute atomic E-state index is 13.0. The quantitative estimate of drug-likeness (QED) is 0.620. The second kappa shape index (κ2) is 8.09. The molecule has 0 spiro atoms. The van der Waals surface area contributed by atoms with E-state index < -0.39 is 23.8 Å². The number of halogens is 2. The predicted octanol–water partition coefficient (Wildman–Crippen LogP) is 3.79. The van der Waals surface area contributed by atoms with Crippen molar-refractivity contribution in [3.8, 4) is 11.5 Å². The topological polar surface area (TPSA) is 73.9 Å². The molecule has 6 nitrogen and oxygen atoms in total. The van der Waals surface area contributed by atoms with E-state index in [2.05, 4.69) is 5.32 Å². The minimum Gasteiger partial charge on any atom is -0.454 e. The van der Waals surface area contributed by atoms with Crippen LogP contribution in [0.1, 0.15) is 12.5 Å². The Morgan fingerprint density at radius 3 is 2.78 bits per heavy atom. The standard InChI is InChI=1S/C19H15ClFNO5/c1-11(19(24)22-15-5-4-13(21)9-14(15)20)27-18(23)7-3-12-2-6-16-17(8-12)26-10-25-16/h2-9,11H,10H2,1H3,(H,22,24)/b7-3+/t11-/m0/s1. The van der Waals surface area contributed by atoms with Gasteiger partial charge in [0.25, 0.3) is 5.91 Å². The molecule has 0 unspecified atom stereocenters. The first-order valence-corrected chi connectivity index (χ1v) is 8.34. The zero-order valence-electron chi connectivity index (χ0n) is 14.2. The van der Waals surface area contributed by atoms with Crippen molar-refractivity contribution in [1.29, 1.82) is 0 Å². The van der Waals surface area contributed by atoms with Gasteiger partial charge in [-0.3, -0.25) is 4.79 Å². The van der Waals surface area contributed by atoms with E-state index in [1.165, 1.54) is 25.1 Å². The van der Waals surface area contributed by atoms with E-state index in [0.717, 1.165) is 12.1 Å². The monoisotopic (exact) mass is 391 g/mol. The lowest BCUT2D eigenvalue weighted by Gasteiger charge is -2.13. The summed E-state index contributed by atoms with van der Waals surface area (Å²) in [6, 6.07) is 8.76. The van der Waals surface area contributed by atoms with Crippen molar-refractivity contribution in [1.82, 2.24) is 0 Å². The molecule has 0 aliphatic carbocycles. The predicted molar refractivity (Wildman–Crippen MR) is 97.2 cm³/mol. The Hall–Kier alpha value is -3.06. The number of carbonyl (C=O) groups excluding carboxylic acids is 2. The molecule has 1 atom stereocenters. The average Bonchev–Trinajstić information content (AvgIpc) is 3.10. The van der Waals surface area contributed by atoms with Gasteiger partial charge in [-0.25, -0.2) is 9.18 Å². The molecule has 0 fully saturated rings. The number of nitrogens with one attached hydrogen (secondary N) is 1. The third-order valence-corrected chi connectivity index (χ3v) is 3.97. The normalized spacial score (nSPS) is 13.4. The van der Waals surface area contributed by atoms with Gasteiger partial charge in [0.1, 0.15) is 5.82 Å². The minimum atomic E-state index is -1.07. The summed E-state index contributed by atoms with van der Waals surface area (Å²) in [4.78, 5) is 24.0. The molecule has 140 valence electrons. The lowest BCUT2D eigenvalue weighted by molar-refractivity contribution is -0.148.